The van der Waals surface area contributed by atoms with Gasteiger partial charge in [-0.15, -0.1) is 0 Å². The van der Waals surface area contributed by atoms with E-state index in [9.17, 15) is 22.8 Å². The van der Waals surface area contributed by atoms with E-state index in [1.165, 1.54) is 12.1 Å². The van der Waals surface area contributed by atoms with Crippen LogP contribution in [0.5, 0.6) is 0 Å². The summed E-state index contributed by atoms with van der Waals surface area (Å²) in [5.74, 6) is -2.23. The highest BCUT2D eigenvalue weighted by Gasteiger charge is 2.35. The average Bonchev–Trinajstić information content (AvgIpc) is 2.76. The van der Waals surface area contributed by atoms with Gasteiger partial charge in [0.1, 0.15) is 5.03 Å². The second-order valence-electron chi connectivity index (χ2n) is 6.41. The van der Waals surface area contributed by atoms with Gasteiger partial charge in [0.15, 0.2) is 0 Å². The Bertz CT molecular complexity index is 1150. The lowest BCUT2D eigenvalue weighted by atomic mass is 10.2. The molecule has 32 heavy (non-hydrogen) atoms. The summed E-state index contributed by atoms with van der Waals surface area (Å²) in [5, 5.41) is 3.20. The topological polar surface area (TPSA) is 81.2 Å². The number of hydrogen-bond acceptors (Lipinski definition) is 6. The Labute approximate surface area is 185 Å². The molecule has 1 N–H and O–H groups in total. The lowest BCUT2D eigenvalue weighted by Crippen LogP contribution is -2.15. The third-order valence-corrected chi connectivity index (χ3v) is 5.05. The highest BCUT2D eigenvalue weighted by Crippen LogP contribution is 2.32. The molecule has 0 atom stereocenters. The summed E-state index contributed by atoms with van der Waals surface area (Å²) in [6, 6.07) is 13.0. The number of carbonyl (C=O) groups is 2. The molecule has 1 aromatic heterocycles. The van der Waals surface area contributed by atoms with Gasteiger partial charge in [-0.25, -0.2) is 14.8 Å². The van der Waals surface area contributed by atoms with Crippen molar-refractivity contribution in [3.63, 3.8) is 0 Å². The second kappa shape index (κ2) is 10.3. The quantitative estimate of drug-likeness (QED) is 0.232. The van der Waals surface area contributed by atoms with Crippen molar-refractivity contribution in [3.05, 3.63) is 66.0 Å². The summed E-state index contributed by atoms with van der Waals surface area (Å²) < 4.78 is 44.1. The SMILES string of the molecule is CCOC(=O)/C=C/c1ccc(NC(=O)CSc2nc(C(F)(F)F)nc3ccccc23)cc1. The minimum Gasteiger partial charge on any atom is -0.463 e. The number of thioether (sulfide) groups is 1. The number of rotatable bonds is 7. The molecule has 2 aromatic carbocycles. The molecular formula is C22H18F3N3O3S. The van der Waals surface area contributed by atoms with Crippen LogP contribution in [0.1, 0.15) is 18.3 Å². The minimum atomic E-state index is -4.69. The van der Waals surface area contributed by atoms with Crippen LogP contribution >= 0.6 is 11.8 Å². The summed E-state index contributed by atoms with van der Waals surface area (Å²) in [6.45, 7) is 2.00. The number of anilines is 1. The van der Waals surface area contributed by atoms with Crippen LogP contribution in [0.2, 0.25) is 0 Å². The van der Waals surface area contributed by atoms with Crippen LogP contribution in [0, 0.1) is 0 Å². The summed E-state index contributed by atoms with van der Waals surface area (Å²) in [5.41, 5.74) is 1.40. The molecule has 1 amide bonds. The zero-order chi connectivity index (χ0) is 23.1. The normalized spacial score (nSPS) is 11.6. The van der Waals surface area contributed by atoms with E-state index in [0.29, 0.717) is 11.1 Å². The van der Waals surface area contributed by atoms with Crippen LogP contribution in [0.4, 0.5) is 18.9 Å². The maximum atomic E-state index is 13.1. The van der Waals surface area contributed by atoms with E-state index in [4.69, 9.17) is 4.74 Å². The van der Waals surface area contributed by atoms with Gasteiger partial charge in [0.25, 0.3) is 0 Å². The molecular weight excluding hydrogens is 443 g/mol. The fourth-order valence-electron chi connectivity index (χ4n) is 2.65. The first-order valence-electron chi connectivity index (χ1n) is 9.48. The molecule has 0 unspecified atom stereocenters. The molecule has 1 heterocycles. The van der Waals surface area contributed by atoms with Gasteiger partial charge in [0.2, 0.25) is 11.7 Å². The molecule has 166 valence electrons. The predicted molar refractivity (Wildman–Crippen MR) is 116 cm³/mol. The van der Waals surface area contributed by atoms with Gasteiger partial charge >= 0.3 is 12.1 Å². The Morgan fingerprint density at radius 3 is 2.50 bits per heavy atom. The monoisotopic (exact) mass is 461 g/mol. The number of nitrogens with one attached hydrogen (secondary N) is 1. The largest absolute Gasteiger partial charge is 0.463 e. The number of aromatic nitrogens is 2. The van der Waals surface area contributed by atoms with Crippen LogP contribution in [-0.4, -0.2) is 34.2 Å². The van der Waals surface area contributed by atoms with Crippen LogP contribution in [0.25, 0.3) is 17.0 Å². The van der Waals surface area contributed by atoms with Crippen molar-refractivity contribution in [2.24, 2.45) is 0 Å². The van der Waals surface area contributed by atoms with Gasteiger partial charge in [0, 0.05) is 17.1 Å². The van der Waals surface area contributed by atoms with E-state index in [1.807, 2.05) is 0 Å². The lowest BCUT2D eigenvalue weighted by Gasteiger charge is -2.10. The molecule has 3 rings (SSSR count). The van der Waals surface area contributed by atoms with Crippen LogP contribution in [0.3, 0.4) is 0 Å². The summed E-state index contributed by atoms with van der Waals surface area (Å²) >= 11 is 0.901. The van der Waals surface area contributed by atoms with Gasteiger partial charge in [-0.3, -0.25) is 4.79 Å². The molecule has 0 aliphatic rings. The Kier molecular flexibility index (Phi) is 7.47. The van der Waals surface area contributed by atoms with E-state index in [-0.39, 0.29) is 22.9 Å². The smallest absolute Gasteiger partial charge is 0.451 e. The first kappa shape index (κ1) is 23.3. The minimum absolute atomic E-state index is 0.0810. The number of fused-ring (bicyclic) bond motifs is 1. The lowest BCUT2D eigenvalue weighted by molar-refractivity contribution is -0.145. The third-order valence-electron chi connectivity index (χ3n) is 4.05. The second-order valence-corrected chi connectivity index (χ2v) is 7.38. The third kappa shape index (κ3) is 6.30. The van der Waals surface area contributed by atoms with E-state index in [1.54, 1.807) is 55.5 Å². The van der Waals surface area contributed by atoms with E-state index in [0.717, 1.165) is 17.3 Å². The van der Waals surface area contributed by atoms with Crippen LogP contribution < -0.4 is 5.32 Å². The number of alkyl halides is 3. The van der Waals surface area contributed by atoms with Crippen molar-refractivity contribution < 1.29 is 27.5 Å². The van der Waals surface area contributed by atoms with Crippen molar-refractivity contribution in [1.29, 1.82) is 0 Å². The molecule has 0 bridgehead atoms. The van der Waals surface area contributed by atoms with Gasteiger partial charge in [-0.1, -0.05) is 42.1 Å². The van der Waals surface area contributed by atoms with E-state index in [2.05, 4.69) is 15.3 Å². The number of para-hydroxylation sites is 1. The zero-order valence-electron chi connectivity index (χ0n) is 16.8. The van der Waals surface area contributed by atoms with E-state index >= 15 is 0 Å². The van der Waals surface area contributed by atoms with Crippen LogP contribution in [0.15, 0.2) is 59.6 Å². The summed E-state index contributed by atoms with van der Waals surface area (Å²) in [4.78, 5) is 30.8. The molecule has 0 aliphatic carbocycles. The summed E-state index contributed by atoms with van der Waals surface area (Å²) in [6.07, 6.45) is -1.81. The number of halogens is 3. The molecule has 10 heteroatoms. The maximum absolute atomic E-state index is 13.1. The molecule has 6 nitrogen and oxygen atoms in total. The van der Waals surface area contributed by atoms with Crippen molar-refractivity contribution in [3.8, 4) is 0 Å². The van der Waals surface area contributed by atoms with Crippen molar-refractivity contribution in [2.45, 2.75) is 18.1 Å². The number of benzene rings is 2. The fourth-order valence-corrected chi connectivity index (χ4v) is 3.47. The number of esters is 1. The number of hydrogen-bond donors (Lipinski definition) is 1. The number of ether oxygens (including phenoxy) is 1. The van der Waals surface area contributed by atoms with Gasteiger partial charge in [-0.2, -0.15) is 13.2 Å². The molecule has 0 fully saturated rings. The van der Waals surface area contributed by atoms with Gasteiger partial charge in [0.05, 0.1) is 17.9 Å². The first-order chi connectivity index (χ1) is 15.3. The zero-order valence-corrected chi connectivity index (χ0v) is 17.7. The van der Waals surface area contributed by atoms with Gasteiger partial charge < -0.3 is 10.1 Å². The average molecular weight is 461 g/mol. The fraction of sp³-hybridized carbons (Fsp3) is 0.182. The molecule has 0 aliphatic heterocycles. The Balaban J connectivity index is 1.65. The standard InChI is InChI=1S/C22H18F3N3O3S/c1-2-31-19(30)12-9-14-7-10-15(11-8-14)26-18(29)13-32-20-16-5-3-4-6-17(16)27-21(28-20)22(23,24)25/h3-12H,2,13H2,1H3,(H,26,29)/b12-9+. The highest BCUT2D eigenvalue weighted by atomic mass is 32.2. The maximum Gasteiger partial charge on any atom is 0.451 e. The van der Waals surface area contributed by atoms with Crippen molar-refractivity contribution >= 4 is 46.3 Å². The predicted octanol–water partition coefficient (Wildman–Crippen LogP) is 4.96. The molecule has 0 radical (unpaired) electrons. The summed E-state index contributed by atoms with van der Waals surface area (Å²) in [7, 11) is 0. The van der Waals surface area contributed by atoms with Crippen LogP contribution in [-0.2, 0) is 20.5 Å². The Morgan fingerprint density at radius 1 is 1.09 bits per heavy atom. The molecule has 3 aromatic rings. The van der Waals surface area contributed by atoms with Crippen molar-refractivity contribution in [2.75, 3.05) is 17.7 Å². The van der Waals surface area contributed by atoms with E-state index < -0.39 is 23.9 Å². The molecule has 0 spiro atoms. The number of carbonyl (C=O) groups excluding carboxylic acids is 2. The number of amides is 1. The van der Waals surface area contributed by atoms with Crippen molar-refractivity contribution in [1.82, 2.24) is 9.97 Å². The number of nitrogens with zero attached hydrogens (tertiary/aromatic N) is 2. The van der Waals surface area contributed by atoms with Gasteiger partial charge in [-0.05, 0) is 36.8 Å². The Morgan fingerprint density at radius 2 is 1.81 bits per heavy atom. The molecule has 0 saturated heterocycles. The Hall–Kier alpha value is -3.40. The highest BCUT2D eigenvalue weighted by molar-refractivity contribution is 8.00. The molecule has 0 saturated carbocycles. The first-order valence-corrected chi connectivity index (χ1v) is 10.5.